The Bertz CT molecular complexity index is 515. The van der Waals surface area contributed by atoms with E-state index in [1.807, 2.05) is 0 Å². The monoisotopic (exact) mass is 306 g/mol. The van der Waals surface area contributed by atoms with E-state index in [1.54, 1.807) is 43.2 Å². The topological polar surface area (TPSA) is 67.9 Å². The van der Waals surface area contributed by atoms with Crippen LogP contribution in [0.5, 0.6) is 5.75 Å². The first kappa shape index (κ1) is 16.1. The molecule has 1 atom stereocenters. The van der Waals surface area contributed by atoms with Crippen LogP contribution in [0.15, 0.2) is 24.3 Å². The van der Waals surface area contributed by atoms with Crippen LogP contribution in [-0.4, -0.2) is 43.7 Å². The quantitative estimate of drug-likeness (QED) is 0.928. The number of hydrogen-bond acceptors (Lipinski definition) is 4. The minimum absolute atomic E-state index is 0.0702. The molecule has 1 saturated heterocycles. The molecule has 22 heavy (non-hydrogen) atoms. The van der Waals surface area contributed by atoms with Crippen LogP contribution in [0, 0.1) is 5.92 Å². The molecule has 0 bridgehead atoms. The lowest BCUT2D eigenvalue weighted by Crippen LogP contribution is -2.44. The average Bonchev–Trinajstić information content (AvgIpc) is 2.56. The highest BCUT2D eigenvalue weighted by molar-refractivity contribution is 5.93. The Morgan fingerprint density at radius 2 is 2.05 bits per heavy atom. The number of amides is 2. The first-order chi connectivity index (χ1) is 10.6. The summed E-state index contributed by atoms with van der Waals surface area (Å²) in [7, 11) is 1.60. The number of carbonyl (C=O) groups is 2. The number of piperidine rings is 1. The molecule has 1 aromatic rings. The molecule has 120 valence electrons. The smallest absolute Gasteiger partial charge is 0.409 e. The van der Waals surface area contributed by atoms with Crippen molar-refractivity contribution in [3.63, 3.8) is 0 Å². The number of nitrogens with zero attached hydrogens (tertiary/aromatic N) is 1. The third-order valence-corrected chi connectivity index (χ3v) is 3.68. The Labute approximate surface area is 130 Å². The van der Waals surface area contributed by atoms with E-state index in [-0.39, 0.29) is 17.9 Å². The van der Waals surface area contributed by atoms with Crippen LogP contribution in [0.2, 0.25) is 0 Å². The average molecular weight is 306 g/mol. The van der Waals surface area contributed by atoms with Crippen molar-refractivity contribution in [2.75, 3.05) is 32.1 Å². The zero-order valence-electron chi connectivity index (χ0n) is 13.0. The summed E-state index contributed by atoms with van der Waals surface area (Å²) in [6, 6.07) is 7.17. The summed E-state index contributed by atoms with van der Waals surface area (Å²) in [6.45, 7) is 3.17. The van der Waals surface area contributed by atoms with Gasteiger partial charge in [0.2, 0.25) is 5.91 Å². The summed E-state index contributed by atoms with van der Waals surface area (Å²) in [5, 5.41) is 2.88. The number of benzene rings is 1. The molecule has 6 nitrogen and oxygen atoms in total. The van der Waals surface area contributed by atoms with E-state index < -0.39 is 0 Å². The molecule has 1 heterocycles. The second-order valence-electron chi connectivity index (χ2n) is 5.20. The molecular weight excluding hydrogens is 284 g/mol. The van der Waals surface area contributed by atoms with Gasteiger partial charge in [0.15, 0.2) is 0 Å². The molecule has 2 amide bonds. The van der Waals surface area contributed by atoms with Gasteiger partial charge in [0, 0.05) is 18.8 Å². The summed E-state index contributed by atoms with van der Waals surface area (Å²) < 4.78 is 10.1. The number of rotatable bonds is 4. The summed E-state index contributed by atoms with van der Waals surface area (Å²) in [4.78, 5) is 25.7. The van der Waals surface area contributed by atoms with Crippen molar-refractivity contribution in [2.24, 2.45) is 5.92 Å². The third-order valence-electron chi connectivity index (χ3n) is 3.68. The van der Waals surface area contributed by atoms with Crippen molar-refractivity contribution in [1.82, 2.24) is 4.90 Å². The van der Waals surface area contributed by atoms with Crippen molar-refractivity contribution in [3.8, 4) is 5.75 Å². The van der Waals surface area contributed by atoms with Gasteiger partial charge in [-0.15, -0.1) is 0 Å². The Hall–Kier alpha value is -2.24. The number of methoxy groups -OCH3 is 1. The Balaban J connectivity index is 1.92. The van der Waals surface area contributed by atoms with Crippen molar-refractivity contribution in [1.29, 1.82) is 0 Å². The normalized spacial score (nSPS) is 17.7. The van der Waals surface area contributed by atoms with Gasteiger partial charge in [0.05, 0.1) is 19.6 Å². The minimum Gasteiger partial charge on any atom is -0.497 e. The van der Waals surface area contributed by atoms with Crippen molar-refractivity contribution >= 4 is 17.7 Å². The number of likely N-dealkylation sites (tertiary alicyclic amines) is 1. The molecule has 1 fully saturated rings. The molecule has 1 N–H and O–H groups in total. The number of hydrogen-bond donors (Lipinski definition) is 1. The van der Waals surface area contributed by atoms with Gasteiger partial charge in [-0.05, 0) is 44.0 Å². The molecule has 1 aliphatic rings. The summed E-state index contributed by atoms with van der Waals surface area (Å²) in [6.07, 6.45) is 1.24. The first-order valence-electron chi connectivity index (χ1n) is 7.50. The standard InChI is InChI=1S/C16H22N2O4/c1-3-22-16(20)18-10-4-5-12(11-18)15(19)17-13-6-8-14(21-2)9-7-13/h6-9,12H,3-5,10-11H2,1-2H3,(H,17,19). The summed E-state index contributed by atoms with van der Waals surface area (Å²) in [5.74, 6) is 0.462. The maximum Gasteiger partial charge on any atom is 0.409 e. The zero-order valence-corrected chi connectivity index (χ0v) is 13.0. The number of ether oxygens (including phenoxy) is 2. The molecule has 1 aromatic carbocycles. The maximum atomic E-state index is 12.3. The summed E-state index contributed by atoms with van der Waals surface area (Å²) >= 11 is 0. The van der Waals surface area contributed by atoms with Crippen molar-refractivity contribution < 1.29 is 19.1 Å². The molecule has 0 radical (unpaired) electrons. The van der Waals surface area contributed by atoms with E-state index in [4.69, 9.17) is 9.47 Å². The molecule has 0 aliphatic carbocycles. The van der Waals surface area contributed by atoms with Crippen molar-refractivity contribution in [2.45, 2.75) is 19.8 Å². The van der Waals surface area contributed by atoms with Crippen LogP contribution in [-0.2, 0) is 9.53 Å². The SMILES string of the molecule is CCOC(=O)N1CCCC(C(=O)Nc2ccc(OC)cc2)C1. The molecule has 1 aliphatic heterocycles. The van der Waals surface area contributed by atoms with E-state index in [9.17, 15) is 9.59 Å². The van der Waals surface area contributed by atoms with Crippen LogP contribution in [0.4, 0.5) is 10.5 Å². The van der Waals surface area contributed by atoms with Gasteiger partial charge in [-0.25, -0.2) is 4.79 Å². The molecule has 0 aromatic heterocycles. The number of nitrogens with one attached hydrogen (secondary N) is 1. The molecule has 2 rings (SSSR count). The van der Waals surface area contributed by atoms with Crippen molar-refractivity contribution in [3.05, 3.63) is 24.3 Å². The zero-order chi connectivity index (χ0) is 15.9. The number of anilines is 1. The van der Waals surface area contributed by atoms with Crippen LogP contribution in [0.25, 0.3) is 0 Å². The predicted octanol–water partition coefficient (Wildman–Crippen LogP) is 2.50. The van der Waals surface area contributed by atoms with Crippen LogP contribution >= 0.6 is 0 Å². The van der Waals surface area contributed by atoms with Crippen LogP contribution in [0.1, 0.15) is 19.8 Å². The second-order valence-corrected chi connectivity index (χ2v) is 5.20. The molecule has 0 saturated carbocycles. The Kier molecular flexibility index (Phi) is 5.63. The molecule has 0 spiro atoms. The van der Waals surface area contributed by atoms with Crippen LogP contribution in [0.3, 0.4) is 0 Å². The van der Waals surface area contributed by atoms with Crippen LogP contribution < -0.4 is 10.1 Å². The van der Waals surface area contributed by atoms with E-state index in [0.717, 1.165) is 24.3 Å². The predicted molar refractivity (Wildman–Crippen MR) is 82.9 cm³/mol. The fourth-order valence-electron chi connectivity index (χ4n) is 2.49. The van der Waals surface area contributed by atoms with E-state index in [2.05, 4.69) is 5.32 Å². The maximum absolute atomic E-state index is 12.3. The first-order valence-corrected chi connectivity index (χ1v) is 7.50. The second kappa shape index (κ2) is 7.68. The van der Waals surface area contributed by atoms with Gasteiger partial charge in [0.1, 0.15) is 5.75 Å². The lowest BCUT2D eigenvalue weighted by atomic mass is 9.97. The number of carbonyl (C=O) groups excluding carboxylic acids is 2. The lowest BCUT2D eigenvalue weighted by molar-refractivity contribution is -0.121. The Morgan fingerprint density at radius 1 is 1.32 bits per heavy atom. The highest BCUT2D eigenvalue weighted by atomic mass is 16.6. The highest BCUT2D eigenvalue weighted by Crippen LogP contribution is 2.20. The van der Waals surface area contributed by atoms with Gasteiger partial charge in [0.25, 0.3) is 0 Å². The fourth-order valence-corrected chi connectivity index (χ4v) is 2.49. The van der Waals surface area contributed by atoms with E-state index in [1.165, 1.54) is 0 Å². The van der Waals surface area contributed by atoms with Gasteiger partial charge < -0.3 is 19.7 Å². The lowest BCUT2D eigenvalue weighted by Gasteiger charge is -2.31. The largest absolute Gasteiger partial charge is 0.497 e. The molecule has 1 unspecified atom stereocenters. The molecule has 6 heteroatoms. The van der Waals surface area contributed by atoms with Gasteiger partial charge in [-0.3, -0.25) is 4.79 Å². The fraction of sp³-hybridized carbons (Fsp3) is 0.500. The van der Waals surface area contributed by atoms with Gasteiger partial charge in [-0.1, -0.05) is 0 Å². The van der Waals surface area contributed by atoms with E-state index >= 15 is 0 Å². The third kappa shape index (κ3) is 4.13. The van der Waals surface area contributed by atoms with E-state index in [0.29, 0.717) is 19.7 Å². The summed E-state index contributed by atoms with van der Waals surface area (Å²) in [5.41, 5.74) is 0.721. The Morgan fingerprint density at radius 3 is 2.68 bits per heavy atom. The highest BCUT2D eigenvalue weighted by Gasteiger charge is 2.29. The molecular formula is C16H22N2O4. The van der Waals surface area contributed by atoms with Gasteiger partial charge >= 0.3 is 6.09 Å². The minimum atomic E-state index is -0.343. The van der Waals surface area contributed by atoms with Gasteiger partial charge in [-0.2, -0.15) is 0 Å².